The van der Waals surface area contributed by atoms with Crippen LogP contribution in [0.5, 0.6) is 0 Å². The first-order valence-electron chi connectivity index (χ1n) is 5.40. The van der Waals surface area contributed by atoms with Crippen LogP contribution in [0.3, 0.4) is 0 Å². The van der Waals surface area contributed by atoms with Gasteiger partial charge < -0.3 is 5.11 Å². The second-order valence-electron chi connectivity index (χ2n) is 4.76. The van der Waals surface area contributed by atoms with Gasteiger partial charge in [0.15, 0.2) is 0 Å². The maximum absolute atomic E-state index is 13.4. The summed E-state index contributed by atoms with van der Waals surface area (Å²) in [4.78, 5) is 0. The molecule has 0 fully saturated rings. The Morgan fingerprint density at radius 3 is 2.82 bits per heavy atom. The van der Waals surface area contributed by atoms with Crippen LogP contribution in [0.4, 0.5) is 4.39 Å². The molecule has 0 saturated heterocycles. The van der Waals surface area contributed by atoms with Gasteiger partial charge in [-0.3, -0.25) is 4.68 Å². The van der Waals surface area contributed by atoms with E-state index in [9.17, 15) is 9.50 Å². The van der Waals surface area contributed by atoms with Gasteiger partial charge in [-0.2, -0.15) is 5.10 Å². The lowest BCUT2D eigenvalue weighted by molar-refractivity contribution is 0.0655. The number of halogens is 2. The van der Waals surface area contributed by atoms with Gasteiger partial charge in [-0.05, 0) is 42.3 Å². The molecule has 5 heteroatoms. The summed E-state index contributed by atoms with van der Waals surface area (Å²) in [5.41, 5.74) is 0.00146. The number of aryl methyl sites for hydroxylation is 1. The molecule has 1 aromatic heterocycles. The largest absolute Gasteiger partial charge is 0.390 e. The minimum atomic E-state index is -0.744. The Balaban J connectivity index is 2.33. The standard InChI is InChI=1S/C12H14BrFN2O/c1-12(2,17)3-4-16-11-6-10(14)9(13)5-8(11)7-15-16/h5-7,17H,3-4H2,1-2H3. The molecule has 0 atom stereocenters. The molecule has 17 heavy (non-hydrogen) atoms. The van der Waals surface area contributed by atoms with E-state index in [4.69, 9.17) is 0 Å². The number of benzene rings is 1. The van der Waals surface area contributed by atoms with Crippen LogP contribution in [0.2, 0.25) is 0 Å². The average molecular weight is 301 g/mol. The van der Waals surface area contributed by atoms with Crippen molar-refractivity contribution in [2.45, 2.75) is 32.4 Å². The topological polar surface area (TPSA) is 38.0 Å². The Kier molecular flexibility index (Phi) is 3.23. The van der Waals surface area contributed by atoms with Crippen LogP contribution in [-0.2, 0) is 6.54 Å². The number of aliphatic hydroxyl groups is 1. The summed E-state index contributed by atoms with van der Waals surface area (Å²) in [5, 5.41) is 14.7. The SMILES string of the molecule is CC(C)(O)CCn1ncc2cc(Br)c(F)cc21. The Bertz CT molecular complexity index is 545. The third-order valence-electron chi connectivity index (χ3n) is 2.62. The Hall–Kier alpha value is -0.940. The molecule has 1 heterocycles. The molecule has 2 rings (SSSR count). The second kappa shape index (κ2) is 4.38. The Labute approximate surface area is 107 Å². The molecule has 0 spiro atoms. The summed E-state index contributed by atoms with van der Waals surface area (Å²) in [6.07, 6.45) is 2.27. The summed E-state index contributed by atoms with van der Waals surface area (Å²) in [6, 6.07) is 3.16. The van der Waals surface area contributed by atoms with Gasteiger partial charge in [0.25, 0.3) is 0 Å². The third kappa shape index (κ3) is 2.84. The van der Waals surface area contributed by atoms with Crippen molar-refractivity contribution < 1.29 is 9.50 Å². The Morgan fingerprint density at radius 1 is 1.47 bits per heavy atom. The molecular formula is C12H14BrFN2O. The van der Waals surface area contributed by atoms with Crippen LogP contribution in [0.15, 0.2) is 22.8 Å². The van der Waals surface area contributed by atoms with Crippen molar-refractivity contribution in [3.8, 4) is 0 Å². The minimum absolute atomic E-state index is 0.303. The summed E-state index contributed by atoms with van der Waals surface area (Å²) >= 11 is 3.14. The lowest BCUT2D eigenvalue weighted by atomic mass is 10.1. The van der Waals surface area contributed by atoms with E-state index in [-0.39, 0.29) is 5.82 Å². The zero-order chi connectivity index (χ0) is 12.6. The average Bonchev–Trinajstić information content (AvgIpc) is 2.57. The van der Waals surface area contributed by atoms with Gasteiger partial charge in [0.2, 0.25) is 0 Å². The van der Waals surface area contributed by atoms with Crippen LogP contribution < -0.4 is 0 Å². The first-order chi connectivity index (χ1) is 7.87. The number of aromatic nitrogens is 2. The quantitative estimate of drug-likeness (QED) is 0.946. The van der Waals surface area contributed by atoms with Gasteiger partial charge in [-0.1, -0.05) is 0 Å². The maximum Gasteiger partial charge on any atom is 0.139 e. The zero-order valence-corrected chi connectivity index (χ0v) is 11.3. The van der Waals surface area contributed by atoms with Crippen molar-refractivity contribution in [3.05, 3.63) is 28.6 Å². The van der Waals surface area contributed by atoms with Crippen molar-refractivity contribution in [2.75, 3.05) is 0 Å². The van der Waals surface area contributed by atoms with E-state index in [1.807, 2.05) is 0 Å². The highest BCUT2D eigenvalue weighted by atomic mass is 79.9. The van der Waals surface area contributed by atoms with E-state index in [0.717, 1.165) is 10.9 Å². The van der Waals surface area contributed by atoms with Crippen molar-refractivity contribution in [3.63, 3.8) is 0 Å². The second-order valence-corrected chi connectivity index (χ2v) is 5.61. The monoisotopic (exact) mass is 300 g/mol. The number of rotatable bonds is 3. The van der Waals surface area contributed by atoms with Gasteiger partial charge in [-0.25, -0.2) is 4.39 Å². The van der Waals surface area contributed by atoms with E-state index < -0.39 is 5.60 Å². The van der Waals surface area contributed by atoms with E-state index in [1.54, 1.807) is 30.8 Å². The Morgan fingerprint density at radius 2 is 2.18 bits per heavy atom. The minimum Gasteiger partial charge on any atom is -0.390 e. The summed E-state index contributed by atoms with van der Waals surface area (Å²) in [7, 11) is 0. The fourth-order valence-corrected chi connectivity index (χ4v) is 1.99. The molecule has 1 N–H and O–H groups in total. The number of hydrogen-bond donors (Lipinski definition) is 1. The van der Waals surface area contributed by atoms with Gasteiger partial charge in [-0.15, -0.1) is 0 Å². The lowest BCUT2D eigenvalue weighted by Gasteiger charge is -2.16. The molecule has 2 aromatic rings. The maximum atomic E-state index is 13.4. The lowest BCUT2D eigenvalue weighted by Crippen LogP contribution is -2.21. The van der Waals surface area contributed by atoms with E-state index in [2.05, 4.69) is 21.0 Å². The van der Waals surface area contributed by atoms with Crippen molar-refractivity contribution in [1.29, 1.82) is 0 Å². The molecule has 0 radical (unpaired) electrons. The molecule has 0 aliphatic carbocycles. The molecule has 0 amide bonds. The van der Waals surface area contributed by atoms with Crippen LogP contribution in [0, 0.1) is 5.82 Å². The highest BCUT2D eigenvalue weighted by Crippen LogP contribution is 2.23. The zero-order valence-electron chi connectivity index (χ0n) is 9.74. The summed E-state index contributed by atoms with van der Waals surface area (Å²) in [5.74, 6) is -0.303. The fourth-order valence-electron chi connectivity index (χ4n) is 1.63. The van der Waals surface area contributed by atoms with Gasteiger partial charge in [0.05, 0.1) is 21.8 Å². The highest BCUT2D eigenvalue weighted by molar-refractivity contribution is 9.10. The molecule has 0 aliphatic heterocycles. The van der Waals surface area contributed by atoms with E-state index in [0.29, 0.717) is 17.4 Å². The molecular weight excluding hydrogens is 287 g/mol. The summed E-state index contributed by atoms with van der Waals surface area (Å²) < 4.78 is 15.6. The first-order valence-corrected chi connectivity index (χ1v) is 6.19. The van der Waals surface area contributed by atoms with Crippen LogP contribution in [-0.4, -0.2) is 20.5 Å². The molecule has 3 nitrogen and oxygen atoms in total. The fraction of sp³-hybridized carbons (Fsp3) is 0.417. The summed E-state index contributed by atoms with van der Waals surface area (Å²) in [6.45, 7) is 4.06. The van der Waals surface area contributed by atoms with E-state index in [1.165, 1.54) is 6.07 Å². The van der Waals surface area contributed by atoms with Crippen molar-refractivity contribution in [1.82, 2.24) is 9.78 Å². The van der Waals surface area contributed by atoms with Crippen LogP contribution in [0.25, 0.3) is 10.9 Å². The van der Waals surface area contributed by atoms with Gasteiger partial charge in [0.1, 0.15) is 5.82 Å². The highest BCUT2D eigenvalue weighted by Gasteiger charge is 2.14. The number of nitrogens with zero attached hydrogens (tertiary/aromatic N) is 2. The first kappa shape index (κ1) is 12.5. The van der Waals surface area contributed by atoms with Crippen LogP contribution in [0.1, 0.15) is 20.3 Å². The van der Waals surface area contributed by atoms with Gasteiger partial charge in [0, 0.05) is 18.0 Å². The van der Waals surface area contributed by atoms with Crippen LogP contribution >= 0.6 is 15.9 Å². The molecule has 0 saturated carbocycles. The molecule has 0 aliphatic rings. The molecule has 1 aromatic carbocycles. The smallest absolute Gasteiger partial charge is 0.139 e. The van der Waals surface area contributed by atoms with E-state index >= 15 is 0 Å². The van der Waals surface area contributed by atoms with Gasteiger partial charge >= 0.3 is 0 Å². The third-order valence-corrected chi connectivity index (χ3v) is 3.23. The number of hydrogen-bond acceptors (Lipinski definition) is 2. The van der Waals surface area contributed by atoms with Crippen molar-refractivity contribution in [2.24, 2.45) is 0 Å². The predicted molar refractivity (Wildman–Crippen MR) is 68.3 cm³/mol. The normalized spacial score (nSPS) is 12.3. The molecule has 92 valence electrons. The molecule has 0 unspecified atom stereocenters. The number of fused-ring (bicyclic) bond motifs is 1. The predicted octanol–water partition coefficient (Wildman–Crippen LogP) is 3.10. The van der Waals surface area contributed by atoms with Crippen molar-refractivity contribution >= 4 is 26.8 Å². The molecule has 0 bridgehead atoms.